The van der Waals surface area contributed by atoms with Crippen molar-refractivity contribution in [3.8, 4) is 0 Å². The number of rotatable bonds is 2. The number of anilines is 1. The molecule has 1 aliphatic carbocycles. The fourth-order valence-electron chi connectivity index (χ4n) is 5.03. The zero-order chi connectivity index (χ0) is 19.8. The number of hydrogen-bond donors (Lipinski definition) is 0. The van der Waals surface area contributed by atoms with Crippen LogP contribution in [0, 0.1) is 5.92 Å². The standard InChI is InChI=1S/C24H26N2O3/c27-23(19-10-9-17-5-1-2-6-18(17)15-19)25-13-11-21(12-14-25)26-22-8-4-3-7-20(22)16-29-24(26)28/h1-8,19,21H,9-16H2. The molecule has 29 heavy (non-hydrogen) atoms. The predicted molar refractivity (Wildman–Crippen MR) is 111 cm³/mol. The van der Waals surface area contributed by atoms with Crippen LogP contribution in [-0.4, -0.2) is 36.0 Å². The molecule has 1 unspecified atom stereocenters. The minimum Gasteiger partial charge on any atom is -0.444 e. The summed E-state index contributed by atoms with van der Waals surface area (Å²) in [6.45, 7) is 1.74. The number of hydrogen-bond acceptors (Lipinski definition) is 3. The number of carbonyl (C=O) groups excluding carboxylic acids is 2. The van der Waals surface area contributed by atoms with Crippen LogP contribution < -0.4 is 4.90 Å². The van der Waals surface area contributed by atoms with Crippen LogP contribution in [-0.2, 0) is 29.0 Å². The molecular weight excluding hydrogens is 364 g/mol. The first kappa shape index (κ1) is 18.2. The van der Waals surface area contributed by atoms with Gasteiger partial charge >= 0.3 is 6.09 Å². The lowest BCUT2D eigenvalue weighted by Gasteiger charge is -2.41. The Labute approximate surface area is 171 Å². The first-order valence-corrected chi connectivity index (χ1v) is 10.6. The smallest absolute Gasteiger partial charge is 0.414 e. The van der Waals surface area contributed by atoms with Gasteiger partial charge in [0, 0.05) is 30.6 Å². The van der Waals surface area contributed by atoms with E-state index in [1.54, 1.807) is 4.90 Å². The lowest BCUT2D eigenvalue weighted by Crippen LogP contribution is -2.51. The van der Waals surface area contributed by atoms with E-state index in [-0.39, 0.29) is 24.0 Å². The summed E-state index contributed by atoms with van der Waals surface area (Å²) in [6, 6.07) is 16.5. The molecule has 0 saturated carbocycles. The SMILES string of the molecule is O=C(C1CCc2ccccc2C1)N1CCC(N2C(=O)OCc3ccccc32)CC1. The fourth-order valence-corrected chi connectivity index (χ4v) is 5.03. The molecule has 5 nitrogen and oxygen atoms in total. The topological polar surface area (TPSA) is 49.9 Å². The Kier molecular flexibility index (Phi) is 4.74. The van der Waals surface area contributed by atoms with E-state index in [1.807, 2.05) is 29.2 Å². The van der Waals surface area contributed by atoms with Crippen LogP contribution in [0.4, 0.5) is 10.5 Å². The third-order valence-electron chi connectivity index (χ3n) is 6.64. The Hall–Kier alpha value is -2.82. The Bertz CT molecular complexity index is 933. The van der Waals surface area contributed by atoms with Crippen LogP contribution in [0.2, 0.25) is 0 Å². The van der Waals surface area contributed by atoms with Crippen molar-refractivity contribution >= 4 is 17.7 Å². The minimum absolute atomic E-state index is 0.0834. The van der Waals surface area contributed by atoms with Crippen molar-refractivity contribution < 1.29 is 14.3 Å². The van der Waals surface area contributed by atoms with E-state index in [2.05, 4.69) is 24.3 Å². The normalized spacial score (nSPS) is 21.9. The monoisotopic (exact) mass is 390 g/mol. The van der Waals surface area contributed by atoms with E-state index < -0.39 is 0 Å². The highest BCUT2D eigenvalue weighted by atomic mass is 16.6. The highest BCUT2D eigenvalue weighted by Crippen LogP contribution is 2.33. The predicted octanol–water partition coefficient (Wildman–Crippen LogP) is 3.94. The molecule has 0 spiro atoms. The van der Waals surface area contributed by atoms with Crippen molar-refractivity contribution in [1.29, 1.82) is 0 Å². The number of amides is 2. The van der Waals surface area contributed by atoms with Crippen LogP contribution >= 0.6 is 0 Å². The number of piperidine rings is 1. The Morgan fingerprint density at radius 3 is 2.38 bits per heavy atom. The molecule has 1 saturated heterocycles. The van der Waals surface area contributed by atoms with Gasteiger partial charge in [0.25, 0.3) is 0 Å². The third-order valence-corrected chi connectivity index (χ3v) is 6.64. The summed E-state index contributed by atoms with van der Waals surface area (Å²) < 4.78 is 5.38. The molecule has 0 aromatic heterocycles. The number of nitrogens with zero attached hydrogens (tertiary/aromatic N) is 2. The van der Waals surface area contributed by atoms with Crippen LogP contribution in [0.15, 0.2) is 48.5 Å². The molecule has 2 heterocycles. The van der Waals surface area contributed by atoms with Gasteiger partial charge in [0.2, 0.25) is 5.91 Å². The second kappa shape index (κ2) is 7.54. The number of benzene rings is 2. The molecule has 0 N–H and O–H groups in total. The summed E-state index contributed by atoms with van der Waals surface area (Å²) in [6.07, 6.45) is 4.08. The molecule has 5 rings (SSSR count). The third kappa shape index (κ3) is 3.39. The maximum absolute atomic E-state index is 13.1. The second-order valence-corrected chi connectivity index (χ2v) is 8.32. The summed E-state index contributed by atoms with van der Waals surface area (Å²) in [4.78, 5) is 29.4. The molecule has 2 aromatic rings. The van der Waals surface area contributed by atoms with Crippen LogP contribution in [0.3, 0.4) is 0 Å². The maximum atomic E-state index is 13.1. The number of aryl methyl sites for hydroxylation is 1. The van der Waals surface area contributed by atoms with Crippen molar-refractivity contribution in [3.63, 3.8) is 0 Å². The molecule has 3 aliphatic rings. The Morgan fingerprint density at radius 2 is 1.59 bits per heavy atom. The lowest BCUT2D eigenvalue weighted by molar-refractivity contribution is -0.137. The lowest BCUT2D eigenvalue weighted by atomic mass is 9.83. The summed E-state index contributed by atoms with van der Waals surface area (Å²) in [5.74, 6) is 0.363. The zero-order valence-corrected chi connectivity index (χ0v) is 16.5. The van der Waals surface area contributed by atoms with Gasteiger partial charge < -0.3 is 9.64 Å². The van der Waals surface area contributed by atoms with E-state index in [0.717, 1.165) is 43.4 Å². The second-order valence-electron chi connectivity index (χ2n) is 8.32. The van der Waals surface area contributed by atoms with Crippen molar-refractivity contribution in [3.05, 3.63) is 65.2 Å². The van der Waals surface area contributed by atoms with E-state index in [4.69, 9.17) is 4.74 Å². The highest BCUT2D eigenvalue weighted by Gasteiger charge is 2.36. The molecule has 0 radical (unpaired) electrons. The first-order chi connectivity index (χ1) is 14.2. The number of carbonyl (C=O) groups is 2. The molecule has 2 aliphatic heterocycles. The van der Waals surface area contributed by atoms with Crippen LogP contribution in [0.25, 0.3) is 0 Å². The number of para-hydroxylation sites is 1. The molecular formula is C24H26N2O3. The van der Waals surface area contributed by atoms with Gasteiger partial charge in [-0.1, -0.05) is 42.5 Å². The quantitative estimate of drug-likeness (QED) is 0.780. The minimum atomic E-state index is -0.266. The van der Waals surface area contributed by atoms with E-state index in [9.17, 15) is 9.59 Å². The zero-order valence-electron chi connectivity index (χ0n) is 16.5. The number of likely N-dealkylation sites (tertiary alicyclic amines) is 1. The average Bonchev–Trinajstić information content (AvgIpc) is 2.78. The van der Waals surface area contributed by atoms with Gasteiger partial charge in [-0.3, -0.25) is 9.69 Å². The van der Waals surface area contributed by atoms with Gasteiger partial charge in [-0.05, 0) is 49.3 Å². The molecule has 2 amide bonds. The van der Waals surface area contributed by atoms with Crippen LogP contribution in [0.1, 0.15) is 36.0 Å². The highest BCUT2D eigenvalue weighted by molar-refractivity contribution is 5.91. The number of cyclic esters (lactones) is 1. The maximum Gasteiger partial charge on any atom is 0.414 e. The number of fused-ring (bicyclic) bond motifs is 2. The van der Waals surface area contributed by atoms with E-state index in [0.29, 0.717) is 19.7 Å². The van der Waals surface area contributed by atoms with E-state index >= 15 is 0 Å². The van der Waals surface area contributed by atoms with Gasteiger partial charge in [0.05, 0.1) is 5.69 Å². The van der Waals surface area contributed by atoms with Gasteiger partial charge in [0.1, 0.15) is 6.61 Å². The summed E-state index contributed by atoms with van der Waals surface area (Å²) in [5.41, 5.74) is 4.71. The Morgan fingerprint density at radius 1 is 0.897 bits per heavy atom. The van der Waals surface area contributed by atoms with Gasteiger partial charge in [0.15, 0.2) is 0 Å². The van der Waals surface area contributed by atoms with Gasteiger partial charge in [-0.2, -0.15) is 0 Å². The Balaban J connectivity index is 1.24. The summed E-state index contributed by atoms with van der Waals surface area (Å²) >= 11 is 0. The van der Waals surface area contributed by atoms with Crippen molar-refractivity contribution in [2.24, 2.45) is 5.92 Å². The average molecular weight is 390 g/mol. The van der Waals surface area contributed by atoms with Gasteiger partial charge in [-0.15, -0.1) is 0 Å². The van der Waals surface area contributed by atoms with Crippen LogP contribution in [0.5, 0.6) is 0 Å². The summed E-state index contributed by atoms with van der Waals surface area (Å²) in [5, 5.41) is 0. The van der Waals surface area contributed by atoms with Crippen molar-refractivity contribution in [2.45, 2.75) is 44.8 Å². The van der Waals surface area contributed by atoms with Crippen molar-refractivity contribution in [2.75, 3.05) is 18.0 Å². The first-order valence-electron chi connectivity index (χ1n) is 10.6. The van der Waals surface area contributed by atoms with Crippen molar-refractivity contribution in [1.82, 2.24) is 4.90 Å². The fraction of sp³-hybridized carbons (Fsp3) is 0.417. The summed E-state index contributed by atoms with van der Waals surface area (Å²) in [7, 11) is 0. The molecule has 150 valence electrons. The molecule has 2 aromatic carbocycles. The molecule has 0 bridgehead atoms. The number of ether oxygens (including phenoxy) is 1. The molecule has 5 heteroatoms. The van der Waals surface area contributed by atoms with Gasteiger partial charge in [-0.25, -0.2) is 4.79 Å². The molecule has 1 fully saturated rings. The van der Waals surface area contributed by atoms with E-state index in [1.165, 1.54) is 11.1 Å². The molecule has 1 atom stereocenters. The largest absolute Gasteiger partial charge is 0.444 e.